The van der Waals surface area contributed by atoms with Crippen molar-refractivity contribution >= 4 is 62.3 Å². The van der Waals surface area contributed by atoms with E-state index in [4.69, 9.17) is 0 Å². The molecule has 6 aromatic rings. The molecule has 4 heteroatoms. The second-order valence-corrected chi connectivity index (χ2v) is 15.1. The summed E-state index contributed by atoms with van der Waals surface area (Å²) in [6.07, 6.45) is 2.17. The molecule has 6 rings (SSSR count). The number of rotatable bonds is 1. The second kappa shape index (κ2) is 5.83. The zero-order valence-electron chi connectivity index (χ0n) is 18.9. The molecule has 3 heterocycles. The topological polar surface area (TPSA) is 8.29 Å². The first-order valence-electron chi connectivity index (χ1n) is 10.9. The van der Waals surface area contributed by atoms with Crippen LogP contribution in [0.4, 0.5) is 4.39 Å². The summed E-state index contributed by atoms with van der Waals surface area (Å²) in [4.78, 5) is 0. The van der Waals surface area contributed by atoms with Crippen molar-refractivity contribution in [2.24, 2.45) is 7.05 Å². The van der Waals surface area contributed by atoms with Gasteiger partial charge in [0.2, 0.25) is 5.52 Å². The fourth-order valence-electron chi connectivity index (χ4n) is 5.33. The molecule has 31 heavy (non-hydrogen) atoms. The van der Waals surface area contributed by atoms with Crippen LogP contribution >= 0.6 is 0 Å². The standard InChI is InChI=1S/C27H26FN2Si/c1-15-12-20-19-8-7-9-21(28)25(19)30-22-14-18(31(4,5)6)13-17-10-11-29(3)27(24(17)22)23(16(15)2)26(20)30/h7-14H,1-6H3/q+1. The van der Waals surface area contributed by atoms with Crippen LogP contribution in [0.15, 0.2) is 48.7 Å². The normalized spacial score (nSPS) is 13.0. The number of halogens is 1. The van der Waals surface area contributed by atoms with Crippen molar-refractivity contribution < 1.29 is 8.96 Å². The van der Waals surface area contributed by atoms with Crippen LogP contribution in [0.2, 0.25) is 19.6 Å². The summed E-state index contributed by atoms with van der Waals surface area (Å²) in [7, 11) is 0.548. The van der Waals surface area contributed by atoms with E-state index in [-0.39, 0.29) is 5.82 Å². The smallest absolute Gasteiger partial charge is 0.224 e. The predicted octanol–water partition coefficient (Wildman–Crippen LogP) is 6.12. The van der Waals surface area contributed by atoms with Gasteiger partial charge < -0.3 is 4.40 Å². The van der Waals surface area contributed by atoms with E-state index in [9.17, 15) is 0 Å². The Hall–Kier alpha value is -2.98. The third kappa shape index (κ3) is 2.29. The van der Waals surface area contributed by atoms with Crippen molar-refractivity contribution in [3.05, 3.63) is 65.6 Å². The molecule has 0 radical (unpaired) electrons. The minimum Gasteiger partial charge on any atom is -0.305 e. The van der Waals surface area contributed by atoms with E-state index in [0.717, 1.165) is 21.8 Å². The Labute approximate surface area is 181 Å². The number of aryl methyl sites for hydroxylation is 3. The number of aromatic nitrogens is 2. The predicted molar refractivity (Wildman–Crippen MR) is 132 cm³/mol. The van der Waals surface area contributed by atoms with Crippen LogP contribution in [0.5, 0.6) is 0 Å². The van der Waals surface area contributed by atoms with E-state index >= 15 is 4.39 Å². The largest absolute Gasteiger partial charge is 0.305 e. The summed E-state index contributed by atoms with van der Waals surface area (Å²) in [6, 6.07) is 14.6. The molecular formula is C27H26FN2Si+. The third-order valence-corrected chi connectivity index (χ3v) is 9.12. The minimum atomic E-state index is -1.57. The van der Waals surface area contributed by atoms with Gasteiger partial charge in [0, 0.05) is 16.8 Å². The molecule has 0 saturated carbocycles. The van der Waals surface area contributed by atoms with Gasteiger partial charge in [-0.2, -0.15) is 0 Å². The lowest BCUT2D eigenvalue weighted by Crippen LogP contribution is -2.38. The maximum absolute atomic E-state index is 15.4. The lowest BCUT2D eigenvalue weighted by Gasteiger charge is -2.20. The van der Waals surface area contributed by atoms with E-state index in [2.05, 4.69) is 86.0 Å². The summed E-state index contributed by atoms with van der Waals surface area (Å²) in [5, 5.41) is 7.20. The molecule has 0 N–H and O–H groups in total. The highest BCUT2D eigenvalue weighted by Crippen LogP contribution is 2.42. The van der Waals surface area contributed by atoms with E-state index in [1.165, 1.54) is 38.0 Å². The fourth-order valence-corrected chi connectivity index (χ4v) is 6.49. The van der Waals surface area contributed by atoms with Gasteiger partial charge in [0.25, 0.3) is 0 Å². The summed E-state index contributed by atoms with van der Waals surface area (Å²) >= 11 is 0. The molecule has 0 atom stereocenters. The average molecular weight is 426 g/mol. The van der Waals surface area contributed by atoms with Crippen molar-refractivity contribution in [3.63, 3.8) is 0 Å². The van der Waals surface area contributed by atoms with Gasteiger partial charge in [-0.05, 0) is 48.6 Å². The molecule has 154 valence electrons. The van der Waals surface area contributed by atoms with E-state index in [1.54, 1.807) is 6.07 Å². The van der Waals surface area contributed by atoms with Crippen molar-refractivity contribution in [1.29, 1.82) is 0 Å². The molecule has 0 spiro atoms. The first-order valence-corrected chi connectivity index (χ1v) is 14.4. The van der Waals surface area contributed by atoms with Crippen LogP contribution in [0.3, 0.4) is 0 Å². The monoisotopic (exact) mass is 425 g/mol. The zero-order valence-corrected chi connectivity index (χ0v) is 19.9. The molecule has 3 aromatic carbocycles. The van der Waals surface area contributed by atoms with Gasteiger partial charge >= 0.3 is 0 Å². The van der Waals surface area contributed by atoms with Crippen molar-refractivity contribution in [1.82, 2.24) is 4.40 Å². The number of nitrogens with zero attached hydrogens (tertiary/aromatic N) is 2. The Morgan fingerprint density at radius 3 is 2.42 bits per heavy atom. The Morgan fingerprint density at radius 1 is 0.903 bits per heavy atom. The van der Waals surface area contributed by atoms with Gasteiger partial charge in [-0.1, -0.05) is 43.0 Å². The van der Waals surface area contributed by atoms with Gasteiger partial charge in [-0.3, -0.25) is 0 Å². The number of hydrogen-bond donors (Lipinski definition) is 0. The van der Waals surface area contributed by atoms with Crippen LogP contribution in [0.1, 0.15) is 11.1 Å². The molecule has 0 bridgehead atoms. The lowest BCUT2D eigenvalue weighted by molar-refractivity contribution is -0.643. The molecule has 0 fully saturated rings. The fraction of sp³-hybridized carbons (Fsp3) is 0.222. The minimum absolute atomic E-state index is 0.162. The number of hydrogen-bond acceptors (Lipinski definition) is 0. The highest BCUT2D eigenvalue weighted by Gasteiger charge is 2.27. The highest BCUT2D eigenvalue weighted by atomic mass is 28.3. The maximum atomic E-state index is 15.4. The number of fused-ring (bicyclic) bond motifs is 5. The number of para-hydroxylation sites is 1. The first kappa shape index (κ1) is 18.8. The Balaban J connectivity index is 2.10. The molecule has 3 aromatic heterocycles. The highest BCUT2D eigenvalue weighted by molar-refractivity contribution is 6.89. The van der Waals surface area contributed by atoms with E-state index in [1.807, 2.05) is 6.07 Å². The van der Waals surface area contributed by atoms with Gasteiger partial charge in [-0.15, -0.1) is 0 Å². The third-order valence-electron chi connectivity index (χ3n) is 7.10. The van der Waals surface area contributed by atoms with Crippen molar-refractivity contribution in [3.8, 4) is 0 Å². The first-order chi connectivity index (χ1) is 14.7. The molecule has 0 aliphatic carbocycles. The number of pyridine rings is 2. The SMILES string of the molecule is Cc1cc2c3cccc(F)c3n3c4cc([Si](C)(C)C)cc5cc[n+](C)c(c(c1C)c23)c54. The van der Waals surface area contributed by atoms with Crippen LogP contribution in [0, 0.1) is 19.7 Å². The summed E-state index contributed by atoms with van der Waals surface area (Å²) in [6.45, 7) is 11.5. The summed E-state index contributed by atoms with van der Waals surface area (Å²) < 4.78 is 19.8. The Morgan fingerprint density at radius 2 is 1.68 bits per heavy atom. The van der Waals surface area contributed by atoms with Crippen molar-refractivity contribution in [2.45, 2.75) is 33.5 Å². The average Bonchev–Trinajstić information content (AvgIpc) is 3.04. The van der Waals surface area contributed by atoms with E-state index < -0.39 is 8.07 Å². The van der Waals surface area contributed by atoms with Crippen LogP contribution in [-0.4, -0.2) is 12.5 Å². The quantitative estimate of drug-likeness (QED) is 0.130. The molecule has 2 nitrogen and oxygen atoms in total. The van der Waals surface area contributed by atoms with Crippen LogP contribution in [0.25, 0.3) is 49.0 Å². The molecule has 0 aliphatic heterocycles. The summed E-state index contributed by atoms with van der Waals surface area (Å²) in [5.41, 5.74) is 6.67. The van der Waals surface area contributed by atoms with Crippen LogP contribution < -0.4 is 9.75 Å². The molecule has 0 aliphatic rings. The Bertz CT molecular complexity index is 1700. The van der Waals surface area contributed by atoms with Gasteiger partial charge in [0.05, 0.1) is 35.4 Å². The van der Waals surface area contributed by atoms with Gasteiger partial charge in [0.15, 0.2) is 6.20 Å². The second-order valence-electron chi connectivity index (χ2n) is 10.0. The number of benzene rings is 3. The lowest BCUT2D eigenvalue weighted by atomic mass is 9.96. The van der Waals surface area contributed by atoms with E-state index in [0.29, 0.717) is 5.52 Å². The Kier molecular flexibility index (Phi) is 3.53. The molecule has 0 amide bonds. The van der Waals surface area contributed by atoms with Gasteiger partial charge in [0.1, 0.15) is 12.9 Å². The van der Waals surface area contributed by atoms with Crippen molar-refractivity contribution in [2.75, 3.05) is 0 Å². The molecular weight excluding hydrogens is 399 g/mol. The van der Waals surface area contributed by atoms with Crippen LogP contribution in [-0.2, 0) is 7.05 Å². The maximum Gasteiger partial charge on any atom is 0.224 e. The van der Waals surface area contributed by atoms with Gasteiger partial charge in [-0.25, -0.2) is 8.96 Å². The summed E-state index contributed by atoms with van der Waals surface area (Å²) in [5.74, 6) is -0.162. The molecule has 0 unspecified atom stereocenters. The molecule has 0 saturated heterocycles. The zero-order chi connectivity index (χ0) is 21.8.